The van der Waals surface area contributed by atoms with Crippen molar-refractivity contribution in [2.75, 3.05) is 7.11 Å². The molecule has 2 rings (SSSR count). The van der Waals surface area contributed by atoms with E-state index in [1.165, 1.54) is 12.8 Å². The minimum Gasteiger partial charge on any atom is -0.504 e. The van der Waals surface area contributed by atoms with E-state index in [9.17, 15) is 10.2 Å². The maximum absolute atomic E-state index is 10.0. The van der Waals surface area contributed by atoms with Crippen LogP contribution < -0.4 is 10.1 Å². The Kier molecular flexibility index (Phi) is 5.05. The summed E-state index contributed by atoms with van der Waals surface area (Å²) in [5.41, 5.74) is 1.05. The fraction of sp³-hybridized carbons (Fsp3) is 0.600. The molecule has 0 aromatic heterocycles. The van der Waals surface area contributed by atoms with Crippen LogP contribution in [0.1, 0.15) is 37.7 Å². The SMILES string of the molecule is COc1cc(CNC2CCCCCC2O)ccc1O. The molecule has 2 unspecified atom stereocenters. The van der Waals surface area contributed by atoms with E-state index in [0.29, 0.717) is 12.3 Å². The van der Waals surface area contributed by atoms with E-state index in [1.54, 1.807) is 13.2 Å². The van der Waals surface area contributed by atoms with Crippen molar-refractivity contribution in [3.8, 4) is 11.5 Å². The highest BCUT2D eigenvalue weighted by atomic mass is 16.5. The molecule has 1 aromatic rings. The van der Waals surface area contributed by atoms with Crippen molar-refractivity contribution in [3.05, 3.63) is 23.8 Å². The van der Waals surface area contributed by atoms with E-state index < -0.39 is 0 Å². The van der Waals surface area contributed by atoms with E-state index >= 15 is 0 Å². The lowest BCUT2D eigenvalue weighted by molar-refractivity contribution is 0.119. The van der Waals surface area contributed by atoms with Crippen LogP contribution in [0.25, 0.3) is 0 Å². The zero-order valence-electron chi connectivity index (χ0n) is 11.4. The van der Waals surface area contributed by atoms with E-state index in [2.05, 4.69) is 5.32 Å². The summed E-state index contributed by atoms with van der Waals surface area (Å²) in [6, 6.07) is 5.50. The Morgan fingerprint density at radius 2 is 2.05 bits per heavy atom. The summed E-state index contributed by atoms with van der Waals surface area (Å²) in [4.78, 5) is 0. The summed E-state index contributed by atoms with van der Waals surface area (Å²) in [6.45, 7) is 0.679. The first-order valence-electron chi connectivity index (χ1n) is 6.98. The van der Waals surface area contributed by atoms with Gasteiger partial charge in [0.2, 0.25) is 0 Å². The molecule has 19 heavy (non-hydrogen) atoms. The average molecular weight is 265 g/mol. The number of phenolic OH excluding ortho intramolecular Hbond substituents is 1. The van der Waals surface area contributed by atoms with Crippen molar-refractivity contribution in [2.45, 2.75) is 50.8 Å². The number of aliphatic hydroxyl groups is 1. The quantitative estimate of drug-likeness (QED) is 0.730. The molecular weight excluding hydrogens is 242 g/mol. The van der Waals surface area contributed by atoms with Gasteiger partial charge in [0.15, 0.2) is 11.5 Å². The van der Waals surface area contributed by atoms with Crippen molar-refractivity contribution in [1.29, 1.82) is 0 Å². The third kappa shape index (κ3) is 3.85. The van der Waals surface area contributed by atoms with Crippen LogP contribution in [-0.4, -0.2) is 29.5 Å². The summed E-state index contributed by atoms with van der Waals surface area (Å²) in [7, 11) is 1.54. The molecular formula is C15H23NO3. The molecule has 4 heteroatoms. The largest absolute Gasteiger partial charge is 0.504 e. The second kappa shape index (κ2) is 6.78. The Labute approximate surface area is 114 Å². The number of ether oxygens (including phenoxy) is 1. The van der Waals surface area contributed by atoms with Gasteiger partial charge in [-0.1, -0.05) is 25.3 Å². The van der Waals surface area contributed by atoms with Crippen molar-refractivity contribution >= 4 is 0 Å². The van der Waals surface area contributed by atoms with E-state index in [0.717, 1.165) is 24.8 Å². The van der Waals surface area contributed by atoms with Gasteiger partial charge in [-0.25, -0.2) is 0 Å². The van der Waals surface area contributed by atoms with E-state index in [1.807, 2.05) is 12.1 Å². The highest BCUT2D eigenvalue weighted by Gasteiger charge is 2.20. The van der Waals surface area contributed by atoms with Gasteiger partial charge in [0.1, 0.15) is 0 Å². The van der Waals surface area contributed by atoms with Gasteiger partial charge in [-0.05, 0) is 30.5 Å². The van der Waals surface area contributed by atoms with Crippen LogP contribution in [-0.2, 0) is 6.54 Å². The summed E-state index contributed by atoms with van der Waals surface area (Å²) in [5.74, 6) is 0.640. The Balaban J connectivity index is 1.93. The lowest BCUT2D eigenvalue weighted by atomic mass is 10.1. The summed E-state index contributed by atoms with van der Waals surface area (Å²) in [6.07, 6.45) is 5.16. The van der Waals surface area contributed by atoms with Crippen LogP contribution in [0.5, 0.6) is 11.5 Å². The summed E-state index contributed by atoms with van der Waals surface area (Å²) in [5, 5.41) is 23.0. The first kappa shape index (κ1) is 14.2. The lowest BCUT2D eigenvalue weighted by Crippen LogP contribution is -2.38. The molecule has 0 saturated heterocycles. The molecule has 106 valence electrons. The van der Waals surface area contributed by atoms with E-state index in [-0.39, 0.29) is 17.9 Å². The molecule has 2 atom stereocenters. The number of rotatable bonds is 4. The van der Waals surface area contributed by atoms with Gasteiger partial charge in [0.05, 0.1) is 13.2 Å². The smallest absolute Gasteiger partial charge is 0.160 e. The number of aliphatic hydroxyl groups excluding tert-OH is 1. The fourth-order valence-corrected chi connectivity index (χ4v) is 2.61. The van der Waals surface area contributed by atoms with Gasteiger partial charge < -0.3 is 20.3 Å². The normalized spacial score (nSPS) is 23.9. The van der Waals surface area contributed by atoms with Crippen LogP contribution in [0.15, 0.2) is 18.2 Å². The Bertz CT molecular complexity index is 408. The molecule has 1 saturated carbocycles. The molecule has 1 aliphatic carbocycles. The maximum atomic E-state index is 10.0. The Morgan fingerprint density at radius 3 is 2.84 bits per heavy atom. The predicted octanol–water partition coefficient (Wildman–Crippen LogP) is 2.18. The number of nitrogens with one attached hydrogen (secondary N) is 1. The molecule has 1 aromatic carbocycles. The minimum absolute atomic E-state index is 0.153. The zero-order valence-corrected chi connectivity index (χ0v) is 11.4. The maximum Gasteiger partial charge on any atom is 0.160 e. The highest BCUT2D eigenvalue weighted by molar-refractivity contribution is 5.41. The minimum atomic E-state index is -0.249. The van der Waals surface area contributed by atoms with Crippen LogP contribution in [0.2, 0.25) is 0 Å². The number of aromatic hydroxyl groups is 1. The molecule has 0 spiro atoms. The van der Waals surface area contributed by atoms with Gasteiger partial charge in [0.25, 0.3) is 0 Å². The first-order valence-corrected chi connectivity index (χ1v) is 6.98. The second-order valence-corrected chi connectivity index (χ2v) is 5.20. The van der Waals surface area contributed by atoms with Gasteiger partial charge >= 0.3 is 0 Å². The molecule has 0 radical (unpaired) electrons. The third-order valence-electron chi connectivity index (χ3n) is 3.79. The monoisotopic (exact) mass is 265 g/mol. The number of phenols is 1. The zero-order chi connectivity index (χ0) is 13.7. The molecule has 0 bridgehead atoms. The van der Waals surface area contributed by atoms with Crippen LogP contribution in [0.3, 0.4) is 0 Å². The van der Waals surface area contributed by atoms with Gasteiger partial charge in [-0.15, -0.1) is 0 Å². The summed E-state index contributed by atoms with van der Waals surface area (Å²) >= 11 is 0. The van der Waals surface area contributed by atoms with Crippen LogP contribution in [0.4, 0.5) is 0 Å². The molecule has 3 N–H and O–H groups in total. The van der Waals surface area contributed by atoms with Gasteiger partial charge in [-0.3, -0.25) is 0 Å². The standard InChI is InChI=1S/C15H23NO3/c1-19-15-9-11(7-8-14(15)18)10-16-12-5-3-2-4-6-13(12)17/h7-9,12-13,16-18H,2-6,10H2,1H3. The highest BCUT2D eigenvalue weighted by Crippen LogP contribution is 2.26. The summed E-state index contributed by atoms with van der Waals surface area (Å²) < 4.78 is 5.09. The van der Waals surface area contributed by atoms with Crippen molar-refractivity contribution in [3.63, 3.8) is 0 Å². The molecule has 0 amide bonds. The second-order valence-electron chi connectivity index (χ2n) is 5.20. The lowest BCUT2D eigenvalue weighted by Gasteiger charge is -2.22. The number of hydrogen-bond donors (Lipinski definition) is 3. The van der Waals surface area contributed by atoms with E-state index in [4.69, 9.17) is 4.74 Å². The number of methoxy groups -OCH3 is 1. The fourth-order valence-electron chi connectivity index (χ4n) is 2.61. The first-order chi connectivity index (χ1) is 9.20. The average Bonchev–Trinajstić information content (AvgIpc) is 2.62. The molecule has 1 fully saturated rings. The predicted molar refractivity (Wildman–Crippen MR) is 74.4 cm³/mol. The number of hydrogen-bond acceptors (Lipinski definition) is 4. The Morgan fingerprint density at radius 1 is 1.26 bits per heavy atom. The topological polar surface area (TPSA) is 61.7 Å². The van der Waals surface area contributed by atoms with Crippen molar-refractivity contribution in [2.24, 2.45) is 0 Å². The van der Waals surface area contributed by atoms with Crippen molar-refractivity contribution in [1.82, 2.24) is 5.32 Å². The van der Waals surface area contributed by atoms with Gasteiger partial charge in [0, 0.05) is 12.6 Å². The third-order valence-corrected chi connectivity index (χ3v) is 3.79. The molecule has 1 aliphatic rings. The van der Waals surface area contributed by atoms with Crippen molar-refractivity contribution < 1.29 is 14.9 Å². The van der Waals surface area contributed by atoms with Crippen LogP contribution >= 0.6 is 0 Å². The van der Waals surface area contributed by atoms with Crippen LogP contribution in [0, 0.1) is 0 Å². The molecule has 0 aliphatic heterocycles. The molecule has 0 heterocycles. The van der Waals surface area contributed by atoms with Gasteiger partial charge in [-0.2, -0.15) is 0 Å². The number of benzene rings is 1. The molecule has 4 nitrogen and oxygen atoms in total. The Hall–Kier alpha value is -1.26.